The molecule has 1 saturated heterocycles. The lowest BCUT2D eigenvalue weighted by Crippen LogP contribution is -2.58. The summed E-state index contributed by atoms with van der Waals surface area (Å²) in [6.45, 7) is 6.56. The summed E-state index contributed by atoms with van der Waals surface area (Å²) in [6, 6.07) is 1.96. The lowest BCUT2D eigenvalue weighted by Gasteiger charge is -2.47. The third-order valence-corrected chi connectivity index (χ3v) is 5.94. The Morgan fingerprint density at radius 1 is 1.34 bits per heavy atom. The summed E-state index contributed by atoms with van der Waals surface area (Å²) in [6.07, 6.45) is 5.83. The van der Waals surface area contributed by atoms with E-state index in [1.54, 1.807) is 13.1 Å². The van der Waals surface area contributed by atoms with Crippen molar-refractivity contribution in [2.45, 2.75) is 70.1 Å². The summed E-state index contributed by atoms with van der Waals surface area (Å²) >= 11 is 0. The minimum absolute atomic E-state index is 0.0532. The van der Waals surface area contributed by atoms with Gasteiger partial charge in [-0.15, -0.1) is 0 Å². The molecule has 2 aliphatic rings. The molecule has 0 spiro atoms. The minimum atomic E-state index is -0.648. The molecule has 1 aliphatic carbocycles. The van der Waals surface area contributed by atoms with E-state index in [-0.39, 0.29) is 23.7 Å². The van der Waals surface area contributed by atoms with E-state index in [0.29, 0.717) is 17.3 Å². The average Bonchev–Trinajstić information content (AvgIpc) is 3.30. The van der Waals surface area contributed by atoms with Crippen molar-refractivity contribution >= 4 is 17.7 Å². The number of aliphatic hydroxyl groups is 1. The number of H-pyrrole nitrogens is 1. The molecule has 1 amide bonds. The summed E-state index contributed by atoms with van der Waals surface area (Å²) in [5.41, 5.74) is 1.45. The highest BCUT2D eigenvalue weighted by molar-refractivity contribution is 5.70. The third kappa shape index (κ3) is 4.19. The first kappa shape index (κ1) is 19.6. The number of aliphatic hydroxyl groups excluding tert-OH is 1. The Labute approximate surface area is 169 Å². The van der Waals surface area contributed by atoms with Crippen LogP contribution < -0.4 is 5.32 Å². The number of hydrogen-bond donors (Lipinski definition) is 3. The van der Waals surface area contributed by atoms with Crippen molar-refractivity contribution in [3.05, 3.63) is 29.8 Å². The summed E-state index contributed by atoms with van der Waals surface area (Å²) in [5, 5.41) is 20.0. The number of amides is 1. The van der Waals surface area contributed by atoms with Gasteiger partial charge in [-0.25, -0.2) is 9.78 Å². The number of anilines is 2. The highest BCUT2D eigenvalue weighted by atomic mass is 16.6. The molecule has 0 radical (unpaired) electrons. The van der Waals surface area contributed by atoms with Gasteiger partial charge in [-0.05, 0) is 46.5 Å². The molecule has 156 valence electrons. The molecule has 2 aromatic rings. The highest BCUT2D eigenvalue weighted by Gasteiger charge is 2.41. The number of likely N-dealkylation sites (tertiary alicyclic amines) is 1. The van der Waals surface area contributed by atoms with Crippen molar-refractivity contribution < 1.29 is 14.6 Å². The molecule has 0 bridgehead atoms. The number of aromatic nitrogens is 4. The molecule has 0 aromatic carbocycles. The second kappa shape index (κ2) is 7.62. The molecule has 1 aliphatic heterocycles. The van der Waals surface area contributed by atoms with Crippen LogP contribution in [-0.2, 0) is 4.74 Å². The number of nitrogens with zero attached hydrogens (tertiary/aromatic N) is 4. The first-order chi connectivity index (χ1) is 13.8. The van der Waals surface area contributed by atoms with Crippen molar-refractivity contribution in [2.75, 3.05) is 11.9 Å². The fourth-order valence-electron chi connectivity index (χ4n) is 3.90. The zero-order valence-electron chi connectivity index (χ0n) is 17.1. The van der Waals surface area contributed by atoms with Crippen LogP contribution in [0.1, 0.15) is 69.9 Å². The SMILES string of the molecule is CC(O)c1cnc(Nc2cc(C3CCC(OC(=O)N4CCC4(C)C)C3)[nH]n2)cn1. The number of carbonyl (C=O) groups excluding carboxylic acids is 1. The number of nitrogens with one attached hydrogen (secondary N) is 2. The van der Waals surface area contributed by atoms with E-state index in [4.69, 9.17) is 4.74 Å². The topological polar surface area (TPSA) is 116 Å². The summed E-state index contributed by atoms with van der Waals surface area (Å²) in [4.78, 5) is 22.6. The van der Waals surface area contributed by atoms with E-state index < -0.39 is 6.10 Å². The van der Waals surface area contributed by atoms with E-state index in [9.17, 15) is 9.90 Å². The predicted octanol–water partition coefficient (Wildman–Crippen LogP) is 3.25. The Morgan fingerprint density at radius 3 is 2.79 bits per heavy atom. The van der Waals surface area contributed by atoms with Gasteiger partial charge in [0.15, 0.2) is 5.82 Å². The number of rotatable bonds is 5. The largest absolute Gasteiger partial charge is 0.446 e. The lowest BCUT2D eigenvalue weighted by molar-refractivity contribution is -0.0101. The molecular weight excluding hydrogens is 372 g/mol. The Morgan fingerprint density at radius 2 is 2.17 bits per heavy atom. The van der Waals surface area contributed by atoms with Crippen molar-refractivity contribution in [1.82, 2.24) is 25.1 Å². The molecule has 3 heterocycles. The fraction of sp³-hybridized carbons (Fsp3) is 0.600. The van der Waals surface area contributed by atoms with E-state index in [1.165, 1.54) is 6.20 Å². The zero-order chi connectivity index (χ0) is 20.6. The summed E-state index contributed by atoms with van der Waals surface area (Å²) in [7, 11) is 0. The van der Waals surface area contributed by atoms with Gasteiger partial charge in [0.2, 0.25) is 0 Å². The van der Waals surface area contributed by atoms with Crippen LogP contribution in [0.5, 0.6) is 0 Å². The highest BCUT2D eigenvalue weighted by Crippen LogP contribution is 2.37. The maximum absolute atomic E-state index is 12.4. The van der Waals surface area contributed by atoms with E-state index in [0.717, 1.165) is 37.9 Å². The molecule has 2 fully saturated rings. The van der Waals surface area contributed by atoms with Crippen molar-refractivity contribution in [3.8, 4) is 0 Å². The Bertz CT molecular complexity index is 863. The predicted molar refractivity (Wildman–Crippen MR) is 107 cm³/mol. The molecule has 3 N–H and O–H groups in total. The van der Waals surface area contributed by atoms with Gasteiger partial charge in [0.1, 0.15) is 11.9 Å². The van der Waals surface area contributed by atoms with Gasteiger partial charge >= 0.3 is 6.09 Å². The second-order valence-electron chi connectivity index (χ2n) is 8.57. The maximum atomic E-state index is 12.4. The maximum Gasteiger partial charge on any atom is 0.410 e. The molecule has 1 saturated carbocycles. The Kier molecular flexibility index (Phi) is 5.16. The van der Waals surface area contributed by atoms with Crippen molar-refractivity contribution in [1.29, 1.82) is 0 Å². The van der Waals surface area contributed by atoms with E-state index >= 15 is 0 Å². The Hall–Kier alpha value is -2.68. The monoisotopic (exact) mass is 400 g/mol. The number of hydrogen-bond acceptors (Lipinski definition) is 7. The first-order valence-electron chi connectivity index (χ1n) is 10.1. The first-order valence-corrected chi connectivity index (χ1v) is 10.1. The number of carbonyl (C=O) groups is 1. The second-order valence-corrected chi connectivity index (χ2v) is 8.57. The van der Waals surface area contributed by atoms with Crippen LogP contribution >= 0.6 is 0 Å². The molecular formula is C20H28N6O3. The standard InChI is InChI=1S/C20H28N6O3/c1-12(27)16-10-22-18(11-21-16)23-17-9-15(24-25-17)13-4-5-14(8-13)29-19(28)26-7-6-20(26,2)3/h9-14,27H,4-8H2,1-3H3,(H2,22,23,24,25). The minimum Gasteiger partial charge on any atom is -0.446 e. The molecule has 3 unspecified atom stereocenters. The lowest BCUT2D eigenvalue weighted by atomic mass is 9.90. The van der Waals surface area contributed by atoms with Gasteiger partial charge in [0.05, 0.1) is 24.2 Å². The molecule has 9 nitrogen and oxygen atoms in total. The van der Waals surface area contributed by atoms with Crippen LogP contribution in [0, 0.1) is 0 Å². The van der Waals surface area contributed by atoms with E-state index in [2.05, 4.69) is 39.3 Å². The van der Waals surface area contributed by atoms with E-state index in [1.807, 2.05) is 11.0 Å². The van der Waals surface area contributed by atoms with Crippen LogP contribution in [0.4, 0.5) is 16.4 Å². The van der Waals surface area contributed by atoms with Gasteiger partial charge < -0.3 is 20.1 Å². The quantitative estimate of drug-likeness (QED) is 0.705. The molecule has 3 atom stereocenters. The molecule has 4 rings (SSSR count). The van der Waals surface area contributed by atoms with Crippen LogP contribution in [0.2, 0.25) is 0 Å². The summed E-state index contributed by atoms with van der Waals surface area (Å²) in [5.74, 6) is 1.49. The Balaban J connectivity index is 1.31. The van der Waals surface area contributed by atoms with Crippen molar-refractivity contribution in [3.63, 3.8) is 0 Å². The van der Waals surface area contributed by atoms with Gasteiger partial charge in [-0.2, -0.15) is 5.10 Å². The van der Waals surface area contributed by atoms with Crippen LogP contribution in [0.25, 0.3) is 0 Å². The fourth-order valence-corrected chi connectivity index (χ4v) is 3.90. The molecule has 2 aromatic heterocycles. The average molecular weight is 400 g/mol. The zero-order valence-corrected chi connectivity index (χ0v) is 17.1. The molecule has 9 heteroatoms. The number of ether oxygens (including phenoxy) is 1. The van der Waals surface area contributed by atoms with Gasteiger partial charge in [0, 0.05) is 29.8 Å². The van der Waals surface area contributed by atoms with Gasteiger partial charge in [0.25, 0.3) is 0 Å². The normalized spacial score (nSPS) is 24.1. The third-order valence-electron chi connectivity index (χ3n) is 5.94. The van der Waals surface area contributed by atoms with Crippen LogP contribution in [0.3, 0.4) is 0 Å². The number of aromatic amines is 1. The summed E-state index contributed by atoms with van der Waals surface area (Å²) < 4.78 is 5.73. The van der Waals surface area contributed by atoms with Gasteiger partial charge in [-0.3, -0.25) is 10.1 Å². The van der Waals surface area contributed by atoms with Crippen LogP contribution in [-0.4, -0.2) is 54.5 Å². The molecule has 29 heavy (non-hydrogen) atoms. The van der Waals surface area contributed by atoms with Crippen LogP contribution in [0.15, 0.2) is 18.5 Å². The van der Waals surface area contributed by atoms with Gasteiger partial charge in [-0.1, -0.05) is 0 Å². The van der Waals surface area contributed by atoms with Crippen molar-refractivity contribution in [2.24, 2.45) is 0 Å². The smallest absolute Gasteiger partial charge is 0.410 e.